The Balaban J connectivity index is 1.55. The fraction of sp³-hybridized carbons (Fsp3) is 0.0667. The Kier molecular flexibility index (Phi) is 8.50. The van der Waals surface area contributed by atoms with E-state index in [2.05, 4.69) is 0 Å². The predicted molar refractivity (Wildman–Crippen MR) is 168 cm³/mol. The van der Waals surface area contributed by atoms with Gasteiger partial charge in [-0.15, -0.1) is 0 Å². The fourth-order valence-corrected chi connectivity index (χ4v) is 6.26. The van der Waals surface area contributed by atoms with Crippen molar-refractivity contribution >= 4 is 85.2 Å². The summed E-state index contributed by atoms with van der Waals surface area (Å²) in [7, 11) is -4.16. The van der Waals surface area contributed by atoms with Crippen LogP contribution in [0.25, 0.3) is 6.08 Å². The average Bonchev–Trinajstić information content (AvgIpc) is 3.23. The van der Waals surface area contributed by atoms with E-state index >= 15 is 0 Å². The zero-order valence-corrected chi connectivity index (χ0v) is 25.5. The average molecular weight is 644 g/mol. The molecule has 0 N–H and O–H groups in total. The normalized spacial score (nSPS) is 15.6. The molecule has 4 aromatic carbocycles. The van der Waals surface area contributed by atoms with Gasteiger partial charge in [0, 0.05) is 20.6 Å². The van der Waals surface area contributed by atoms with Gasteiger partial charge in [0.25, 0.3) is 5.91 Å². The summed E-state index contributed by atoms with van der Waals surface area (Å²) in [6.45, 7) is 3.76. The number of benzene rings is 4. The van der Waals surface area contributed by atoms with Gasteiger partial charge in [0.15, 0.2) is 5.17 Å². The van der Waals surface area contributed by atoms with Gasteiger partial charge in [-0.05, 0) is 97.4 Å². The van der Waals surface area contributed by atoms with Gasteiger partial charge < -0.3 is 4.18 Å². The number of hydrogen-bond acceptors (Lipinski definition) is 6. The third-order valence-electron chi connectivity index (χ3n) is 6.11. The molecule has 5 rings (SSSR count). The number of para-hydroxylation sites is 1. The van der Waals surface area contributed by atoms with Crippen LogP contribution in [0.15, 0.2) is 99.7 Å². The minimum absolute atomic E-state index is 0.0516. The van der Waals surface area contributed by atoms with Crippen LogP contribution in [0.3, 0.4) is 0 Å². The Morgan fingerprint density at radius 1 is 0.854 bits per heavy atom. The highest BCUT2D eigenvalue weighted by molar-refractivity contribution is 8.19. The third-order valence-corrected chi connectivity index (χ3v) is 9.39. The molecule has 0 aliphatic carbocycles. The van der Waals surface area contributed by atoms with Crippen LogP contribution in [0.5, 0.6) is 5.75 Å². The lowest BCUT2D eigenvalue weighted by atomic mass is 10.2. The molecule has 0 radical (unpaired) electrons. The number of halogens is 3. The van der Waals surface area contributed by atoms with Crippen LogP contribution in [-0.4, -0.2) is 19.5 Å². The number of aliphatic imine (C=N–C) groups is 1. The smallest absolute Gasteiger partial charge is 0.339 e. The molecule has 0 spiro atoms. The molecule has 0 unspecified atom stereocenters. The molecule has 0 atom stereocenters. The summed E-state index contributed by atoms with van der Waals surface area (Å²) in [6.07, 6.45) is 1.58. The molecule has 0 aromatic heterocycles. The van der Waals surface area contributed by atoms with Gasteiger partial charge in [-0.25, -0.2) is 4.99 Å². The van der Waals surface area contributed by atoms with Crippen molar-refractivity contribution in [3.63, 3.8) is 0 Å². The molecular weight excluding hydrogens is 623 g/mol. The number of carbonyl (C=O) groups is 1. The van der Waals surface area contributed by atoms with Crippen molar-refractivity contribution in [1.82, 2.24) is 0 Å². The number of amidine groups is 1. The first-order valence-electron chi connectivity index (χ1n) is 12.2. The fourth-order valence-electron chi connectivity index (χ4n) is 3.84. The summed E-state index contributed by atoms with van der Waals surface area (Å²) in [4.78, 5) is 20.2. The third kappa shape index (κ3) is 6.47. The maximum absolute atomic E-state index is 13.8. The van der Waals surface area contributed by atoms with Gasteiger partial charge in [-0.1, -0.05) is 65.1 Å². The minimum Gasteiger partial charge on any atom is -0.378 e. The van der Waals surface area contributed by atoms with Gasteiger partial charge in [0.2, 0.25) is 0 Å². The molecule has 1 amide bonds. The van der Waals surface area contributed by atoms with Crippen LogP contribution in [0.1, 0.15) is 16.7 Å². The molecule has 1 saturated heterocycles. The molecule has 41 heavy (non-hydrogen) atoms. The zero-order valence-electron chi connectivity index (χ0n) is 21.6. The number of carbonyl (C=O) groups excluding carboxylic acids is 1. The number of amides is 1. The minimum atomic E-state index is -4.16. The first-order valence-corrected chi connectivity index (χ1v) is 15.5. The van der Waals surface area contributed by atoms with E-state index in [-0.39, 0.29) is 16.6 Å². The summed E-state index contributed by atoms with van der Waals surface area (Å²) < 4.78 is 31.4. The molecule has 1 heterocycles. The Hall–Kier alpha value is -3.27. The van der Waals surface area contributed by atoms with E-state index in [1.165, 1.54) is 35.2 Å². The van der Waals surface area contributed by atoms with Crippen LogP contribution in [0, 0.1) is 13.8 Å². The van der Waals surface area contributed by atoms with Crippen LogP contribution in [-0.2, 0) is 14.9 Å². The van der Waals surface area contributed by atoms with E-state index in [1.807, 2.05) is 32.0 Å². The van der Waals surface area contributed by atoms with Gasteiger partial charge in [-0.2, -0.15) is 8.42 Å². The first kappa shape index (κ1) is 29.2. The van der Waals surface area contributed by atoms with E-state index in [4.69, 9.17) is 44.0 Å². The van der Waals surface area contributed by atoms with Gasteiger partial charge in [-0.3, -0.25) is 9.69 Å². The lowest BCUT2D eigenvalue weighted by Crippen LogP contribution is -2.28. The zero-order chi connectivity index (χ0) is 29.3. The lowest BCUT2D eigenvalue weighted by Gasteiger charge is -2.16. The van der Waals surface area contributed by atoms with Crippen molar-refractivity contribution in [1.29, 1.82) is 0 Å². The van der Waals surface area contributed by atoms with Crippen LogP contribution >= 0.6 is 46.6 Å². The Morgan fingerprint density at radius 3 is 2.20 bits per heavy atom. The van der Waals surface area contributed by atoms with Crippen molar-refractivity contribution in [2.24, 2.45) is 4.99 Å². The molecule has 6 nitrogen and oxygen atoms in total. The van der Waals surface area contributed by atoms with E-state index in [0.29, 0.717) is 42.1 Å². The Labute approximate surface area is 257 Å². The summed E-state index contributed by atoms with van der Waals surface area (Å²) in [6, 6.07) is 22.9. The van der Waals surface area contributed by atoms with Gasteiger partial charge in [0.1, 0.15) is 10.6 Å². The molecule has 1 fully saturated rings. The second-order valence-corrected chi connectivity index (χ2v) is 12.8. The second kappa shape index (κ2) is 11.9. The second-order valence-electron chi connectivity index (χ2n) is 9.04. The van der Waals surface area contributed by atoms with Gasteiger partial charge in [0.05, 0.1) is 16.3 Å². The molecule has 1 aliphatic heterocycles. The first-order chi connectivity index (χ1) is 19.5. The van der Waals surface area contributed by atoms with E-state index in [1.54, 1.807) is 42.5 Å². The molecule has 0 saturated carbocycles. The van der Waals surface area contributed by atoms with Crippen molar-refractivity contribution < 1.29 is 17.4 Å². The van der Waals surface area contributed by atoms with Crippen LogP contribution in [0.2, 0.25) is 15.1 Å². The van der Waals surface area contributed by atoms with E-state index < -0.39 is 10.1 Å². The summed E-state index contributed by atoms with van der Waals surface area (Å²) in [5, 5.41) is 1.83. The van der Waals surface area contributed by atoms with Crippen LogP contribution in [0.4, 0.5) is 11.4 Å². The number of rotatable bonds is 6. The monoisotopic (exact) mass is 642 g/mol. The Bertz CT molecular complexity index is 1840. The summed E-state index contributed by atoms with van der Waals surface area (Å²) in [5.74, 6) is -0.300. The lowest BCUT2D eigenvalue weighted by molar-refractivity contribution is -0.113. The SMILES string of the molecule is Cc1ccc(N=C2S/C(=C/c3ccccc3OS(=O)(=O)c3ccc(Cl)cc3)C(=O)N2c2ccc(C)c(Cl)c2)cc1Cl. The summed E-state index contributed by atoms with van der Waals surface area (Å²) in [5.41, 5.74) is 3.26. The molecule has 1 aliphatic rings. The summed E-state index contributed by atoms with van der Waals surface area (Å²) >= 11 is 19.8. The maximum Gasteiger partial charge on any atom is 0.339 e. The highest BCUT2D eigenvalue weighted by Gasteiger charge is 2.35. The molecular formula is C30H21Cl3N2O4S2. The highest BCUT2D eigenvalue weighted by atomic mass is 35.5. The number of thioether (sulfide) groups is 1. The van der Waals surface area contributed by atoms with Crippen molar-refractivity contribution in [3.05, 3.63) is 122 Å². The topological polar surface area (TPSA) is 76.0 Å². The number of anilines is 1. The van der Waals surface area contributed by atoms with Crippen molar-refractivity contribution in [3.8, 4) is 5.75 Å². The van der Waals surface area contributed by atoms with E-state index in [9.17, 15) is 13.2 Å². The molecule has 11 heteroatoms. The Morgan fingerprint density at radius 2 is 1.51 bits per heavy atom. The highest BCUT2D eigenvalue weighted by Crippen LogP contribution is 2.40. The largest absolute Gasteiger partial charge is 0.378 e. The molecule has 208 valence electrons. The maximum atomic E-state index is 13.8. The number of hydrogen-bond donors (Lipinski definition) is 0. The quantitative estimate of drug-likeness (QED) is 0.155. The number of nitrogens with zero attached hydrogens (tertiary/aromatic N) is 2. The van der Waals surface area contributed by atoms with Crippen LogP contribution < -0.4 is 9.08 Å². The van der Waals surface area contributed by atoms with E-state index in [0.717, 1.165) is 22.9 Å². The molecule has 4 aromatic rings. The standard InChI is InChI=1S/C30H21Cl3N2O4S2/c1-18-7-11-22(16-25(18)32)34-30-35(23-12-8-19(2)26(33)17-23)29(36)28(40-30)15-20-5-3-4-6-27(20)39-41(37,38)24-13-9-21(31)10-14-24/h3-17H,1-2H3/b28-15+,34-30?. The van der Waals surface area contributed by atoms with Gasteiger partial charge >= 0.3 is 10.1 Å². The number of aryl methyl sites for hydroxylation is 2. The van der Waals surface area contributed by atoms with Crippen molar-refractivity contribution in [2.75, 3.05) is 4.90 Å². The van der Waals surface area contributed by atoms with Crippen molar-refractivity contribution in [2.45, 2.75) is 18.7 Å². The molecule has 0 bridgehead atoms. The predicted octanol–water partition coefficient (Wildman–Crippen LogP) is 8.84.